The molecule has 24 heavy (non-hydrogen) atoms. The molecule has 1 unspecified atom stereocenters. The molecule has 1 aromatic carbocycles. The molecule has 1 amide bonds. The van der Waals surface area contributed by atoms with Crippen LogP contribution in [-0.2, 0) is 9.53 Å². The van der Waals surface area contributed by atoms with E-state index in [0.717, 1.165) is 0 Å². The molecule has 2 rings (SSSR count). The van der Waals surface area contributed by atoms with Crippen molar-refractivity contribution >= 4 is 23.3 Å². The van der Waals surface area contributed by atoms with E-state index in [1.807, 2.05) is 0 Å². The fraction of sp³-hybridized carbons (Fsp3) is 0.467. The average molecular weight is 337 g/mol. The lowest BCUT2D eigenvalue weighted by molar-refractivity contribution is -0.384. The molecule has 9 heteroatoms. The van der Waals surface area contributed by atoms with Gasteiger partial charge in [0.05, 0.1) is 30.1 Å². The number of carboxylic acids is 1. The van der Waals surface area contributed by atoms with Crippen LogP contribution in [0.2, 0.25) is 0 Å². The number of aliphatic carboxylic acids is 1. The van der Waals surface area contributed by atoms with E-state index in [1.165, 1.54) is 18.2 Å². The topological polar surface area (TPSA) is 122 Å². The van der Waals surface area contributed by atoms with Crippen LogP contribution in [0.25, 0.3) is 0 Å². The number of morpholine rings is 1. The number of nitro groups is 1. The van der Waals surface area contributed by atoms with Gasteiger partial charge in [-0.3, -0.25) is 19.7 Å². The first-order valence-corrected chi connectivity index (χ1v) is 7.53. The number of nitrogens with zero attached hydrogens (tertiary/aromatic N) is 2. The summed E-state index contributed by atoms with van der Waals surface area (Å²) in [7, 11) is 0. The fourth-order valence-electron chi connectivity index (χ4n) is 2.60. The number of carbonyl (C=O) groups excluding carboxylic acids is 1. The van der Waals surface area contributed by atoms with E-state index in [9.17, 15) is 19.7 Å². The Morgan fingerprint density at radius 1 is 1.42 bits per heavy atom. The summed E-state index contributed by atoms with van der Waals surface area (Å²) in [5, 5.41) is 22.7. The fourth-order valence-corrected chi connectivity index (χ4v) is 2.60. The number of nitro benzene ring substituents is 1. The molecule has 1 atom stereocenters. The van der Waals surface area contributed by atoms with E-state index in [-0.39, 0.29) is 23.4 Å². The Labute approximate surface area is 138 Å². The van der Waals surface area contributed by atoms with Gasteiger partial charge in [-0.25, -0.2) is 0 Å². The lowest BCUT2D eigenvalue weighted by Crippen LogP contribution is -2.39. The second-order valence-corrected chi connectivity index (χ2v) is 5.50. The Bertz CT molecular complexity index is 642. The average Bonchev–Trinajstić information content (AvgIpc) is 2.54. The monoisotopic (exact) mass is 337 g/mol. The second kappa shape index (κ2) is 7.73. The van der Waals surface area contributed by atoms with E-state index in [1.54, 1.807) is 11.8 Å². The van der Waals surface area contributed by atoms with Gasteiger partial charge in [0.25, 0.3) is 11.6 Å². The number of amides is 1. The molecule has 1 aliphatic heterocycles. The molecule has 0 aromatic heterocycles. The van der Waals surface area contributed by atoms with Gasteiger partial charge in [-0.2, -0.15) is 0 Å². The van der Waals surface area contributed by atoms with Crippen LogP contribution in [0.5, 0.6) is 0 Å². The van der Waals surface area contributed by atoms with Crippen LogP contribution < -0.4 is 10.2 Å². The third-order valence-electron chi connectivity index (χ3n) is 3.64. The number of anilines is 1. The number of nitrogens with one attached hydrogen (secondary N) is 1. The number of benzene rings is 1. The lowest BCUT2D eigenvalue weighted by Gasteiger charge is -2.30. The molecule has 0 radical (unpaired) electrons. The molecule has 1 heterocycles. The van der Waals surface area contributed by atoms with Crippen molar-refractivity contribution in [2.45, 2.75) is 19.4 Å². The van der Waals surface area contributed by atoms with E-state index < -0.39 is 22.8 Å². The standard InChI is InChI=1S/C15H19N3O6/c1-10(9-13(19)20)16-15(21)11-3-2-4-12(18(22)23)14(11)17-5-7-24-8-6-17/h2-4,10H,5-9H2,1H3,(H,16,21)(H,19,20). The van der Waals surface area contributed by atoms with Crippen molar-refractivity contribution in [2.24, 2.45) is 0 Å². The van der Waals surface area contributed by atoms with E-state index in [0.29, 0.717) is 26.3 Å². The zero-order chi connectivity index (χ0) is 17.7. The first-order valence-electron chi connectivity index (χ1n) is 7.53. The van der Waals surface area contributed by atoms with Gasteiger partial charge in [0.15, 0.2) is 0 Å². The highest BCUT2D eigenvalue weighted by Gasteiger charge is 2.28. The summed E-state index contributed by atoms with van der Waals surface area (Å²) in [5.41, 5.74) is 0.240. The summed E-state index contributed by atoms with van der Waals surface area (Å²) in [6.07, 6.45) is -0.229. The second-order valence-electron chi connectivity index (χ2n) is 5.50. The van der Waals surface area contributed by atoms with Crippen LogP contribution in [0.3, 0.4) is 0 Å². The highest BCUT2D eigenvalue weighted by Crippen LogP contribution is 2.32. The van der Waals surface area contributed by atoms with E-state index >= 15 is 0 Å². The van der Waals surface area contributed by atoms with E-state index in [4.69, 9.17) is 9.84 Å². The van der Waals surface area contributed by atoms with Crippen molar-refractivity contribution in [1.82, 2.24) is 5.32 Å². The zero-order valence-corrected chi connectivity index (χ0v) is 13.2. The van der Waals surface area contributed by atoms with Crippen LogP contribution >= 0.6 is 0 Å². The molecule has 1 fully saturated rings. The maximum Gasteiger partial charge on any atom is 0.305 e. The molecule has 1 aliphatic rings. The minimum Gasteiger partial charge on any atom is -0.481 e. The van der Waals surface area contributed by atoms with Crippen molar-refractivity contribution < 1.29 is 24.4 Å². The minimum absolute atomic E-state index is 0.156. The summed E-state index contributed by atoms with van der Waals surface area (Å²) in [4.78, 5) is 35.8. The van der Waals surface area contributed by atoms with E-state index in [2.05, 4.69) is 5.32 Å². The maximum absolute atomic E-state index is 12.5. The quantitative estimate of drug-likeness (QED) is 0.587. The smallest absolute Gasteiger partial charge is 0.305 e. The van der Waals surface area contributed by atoms with Gasteiger partial charge in [0.2, 0.25) is 0 Å². The van der Waals surface area contributed by atoms with Gasteiger partial charge in [-0.15, -0.1) is 0 Å². The van der Waals surface area contributed by atoms with Crippen LogP contribution in [0.15, 0.2) is 18.2 Å². The van der Waals surface area contributed by atoms with Gasteiger partial charge >= 0.3 is 5.97 Å². The number of ether oxygens (including phenoxy) is 1. The SMILES string of the molecule is CC(CC(=O)O)NC(=O)c1cccc([N+](=O)[O-])c1N1CCOCC1. The maximum atomic E-state index is 12.5. The number of hydrogen-bond acceptors (Lipinski definition) is 6. The predicted molar refractivity (Wildman–Crippen MR) is 85.3 cm³/mol. The van der Waals surface area contributed by atoms with Crippen LogP contribution in [0.4, 0.5) is 11.4 Å². The first-order chi connectivity index (χ1) is 11.4. The summed E-state index contributed by atoms with van der Waals surface area (Å²) in [6, 6.07) is 3.70. The van der Waals surface area contributed by atoms with Crippen molar-refractivity contribution in [2.75, 3.05) is 31.2 Å². The van der Waals surface area contributed by atoms with Crippen molar-refractivity contribution in [3.63, 3.8) is 0 Å². The molecular weight excluding hydrogens is 318 g/mol. The van der Waals surface area contributed by atoms with Crippen molar-refractivity contribution in [3.05, 3.63) is 33.9 Å². The molecule has 9 nitrogen and oxygen atoms in total. The summed E-state index contributed by atoms with van der Waals surface area (Å²) < 4.78 is 5.25. The highest BCUT2D eigenvalue weighted by molar-refractivity contribution is 6.02. The highest BCUT2D eigenvalue weighted by atomic mass is 16.6. The molecule has 130 valence electrons. The van der Waals surface area contributed by atoms with Crippen LogP contribution in [-0.4, -0.2) is 54.3 Å². The lowest BCUT2D eigenvalue weighted by atomic mass is 10.1. The first kappa shape index (κ1) is 17.7. The Kier molecular flexibility index (Phi) is 5.69. The Hall–Kier alpha value is -2.68. The molecule has 0 bridgehead atoms. The van der Waals surface area contributed by atoms with Crippen LogP contribution in [0.1, 0.15) is 23.7 Å². The van der Waals surface area contributed by atoms with Gasteiger partial charge in [-0.1, -0.05) is 6.07 Å². The Morgan fingerprint density at radius 3 is 2.67 bits per heavy atom. The number of rotatable bonds is 6. The number of carboxylic acid groups (broad SMARTS) is 1. The van der Waals surface area contributed by atoms with Crippen molar-refractivity contribution in [1.29, 1.82) is 0 Å². The third-order valence-corrected chi connectivity index (χ3v) is 3.64. The largest absolute Gasteiger partial charge is 0.481 e. The molecule has 0 aliphatic carbocycles. The summed E-state index contributed by atoms with van der Waals surface area (Å²) in [5.74, 6) is -1.57. The number of para-hydroxylation sites is 1. The van der Waals surface area contributed by atoms with Gasteiger partial charge in [0, 0.05) is 25.2 Å². The van der Waals surface area contributed by atoms with Gasteiger partial charge in [0.1, 0.15) is 5.69 Å². The minimum atomic E-state index is -1.03. The predicted octanol–water partition coefficient (Wildman–Crippen LogP) is 1.02. The number of carbonyl (C=O) groups is 2. The Morgan fingerprint density at radius 2 is 2.08 bits per heavy atom. The van der Waals surface area contributed by atoms with Gasteiger partial charge < -0.3 is 20.1 Å². The summed E-state index contributed by atoms with van der Waals surface area (Å²) >= 11 is 0. The molecule has 1 saturated heterocycles. The normalized spacial score (nSPS) is 15.6. The molecular formula is C15H19N3O6. The molecule has 2 N–H and O–H groups in total. The third kappa shape index (κ3) is 4.19. The van der Waals surface area contributed by atoms with Crippen LogP contribution in [0, 0.1) is 10.1 Å². The molecule has 1 aromatic rings. The number of hydrogen-bond donors (Lipinski definition) is 2. The Balaban J connectivity index is 2.34. The summed E-state index contributed by atoms with van der Waals surface area (Å²) in [6.45, 7) is 3.29. The molecule has 0 saturated carbocycles. The zero-order valence-electron chi connectivity index (χ0n) is 13.2. The van der Waals surface area contributed by atoms with Gasteiger partial charge in [-0.05, 0) is 13.0 Å². The molecule has 0 spiro atoms. The van der Waals surface area contributed by atoms with Crippen molar-refractivity contribution in [3.8, 4) is 0 Å².